The van der Waals surface area contributed by atoms with E-state index in [1.807, 2.05) is 78.9 Å². The molecule has 0 aliphatic carbocycles. The fourth-order valence-corrected chi connectivity index (χ4v) is 3.79. The van der Waals surface area contributed by atoms with Gasteiger partial charge >= 0.3 is 17.9 Å². The van der Waals surface area contributed by atoms with Gasteiger partial charge in [0.15, 0.2) is 0 Å². The third-order valence-electron chi connectivity index (χ3n) is 6.10. The van der Waals surface area contributed by atoms with E-state index in [2.05, 4.69) is 10.7 Å². The summed E-state index contributed by atoms with van der Waals surface area (Å²) in [4.78, 5) is 50.5. The van der Waals surface area contributed by atoms with Crippen molar-refractivity contribution in [2.24, 2.45) is 5.84 Å². The molecule has 0 aromatic heterocycles. The number of amides is 1. The molecule has 0 bridgehead atoms. The summed E-state index contributed by atoms with van der Waals surface area (Å²) < 4.78 is 16.0. The Morgan fingerprint density at radius 1 is 0.585 bits per heavy atom. The van der Waals surface area contributed by atoms with Gasteiger partial charge in [-0.2, -0.15) is 0 Å². The van der Waals surface area contributed by atoms with Crippen LogP contribution in [0.25, 0.3) is 0 Å². The van der Waals surface area contributed by atoms with Gasteiger partial charge in [-0.25, -0.2) is 10.2 Å². The van der Waals surface area contributed by atoms with Crippen molar-refractivity contribution in [3.05, 3.63) is 108 Å². The van der Waals surface area contributed by atoms with Gasteiger partial charge in [0.05, 0.1) is 0 Å². The molecule has 216 valence electrons. The molecule has 2 unspecified atom stereocenters. The summed E-state index contributed by atoms with van der Waals surface area (Å²) in [5, 5.41) is 2.60. The predicted molar refractivity (Wildman–Crippen MR) is 150 cm³/mol. The standard InChI is InChI=1S/C31H35N3O7/c32-34-26(16-18-28(35)39-20-23-10-4-1-5-11-23)30(37)33-27(31(38)41-22-25-14-8-3-9-15-25)17-19-29(36)40-21-24-12-6-2-7-13-24/h1-15,26-27,34H,16-22,32H2,(H,33,37). The zero-order valence-corrected chi connectivity index (χ0v) is 22.7. The van der Waals surface area contributed by atoms with Crippen LogP contribution in [0.15, 0.2) is 91.0 Å². The van der Waals surface area contributed by atoms with Gasteiger partial charge in [-0.3, -0.25) is 20.2 Å². The summed E-state index contributed by atoms with van der Waals surface area (Å²) >= 11 is 0. The average Bonchev–Trinajstić information content (AvgIpc) is 3.01. The van der Waals surface area contributed by atoms with Gasteiger partial charge in [0.2, 0.25) is 5.91 Å². The van der Waals surface area contributed by atoms with Crippen LogP contribution in [-0.2, 0) is 53.2 Å². The number of nitrogens with one attached hydrogen (secondary N) is 2. The van der Waals surface area contributed by atoms with Crippen molar-refractivity contribution in [2.75, 3.05) is 0 Å². The molecule has 0 aliphatic heterocycles. The molecule has 0 spiro atoms. The highest BCUT2D eigenvalue weighted by Crippen LogP contribution is 2.10. The van der Waals surface area contributed by atoms with Crippen molar-refractivity contribution in [1.29, 1.82) is 0 Å². The molecule has 2 atom stereocenters. The van der Waals surface area contributed by atoms with Gasteiger partial charge in [-0.15, -0.1) is 0 Å². The number of hydrazine groups is 1. The second kappa shape index (κ2) is 17.2. The van der Waals surface area contributed by atoms with E-state index in [1.165, 1.54) is 0 Å². The van der Waals surface area contributed by atoms with Gasteiger partial charge in [-0.05, 0) is 29.5 Å². The Hall–Kier alpha value is -4.54. The third-order valence-corrected chi connectivity index (χ3v) is 6.10. The van der Waals surface area contributed by atoms with Crippen LogP contribution in [-0.4, -0.2) is 35.9 Å². The predicted octanol–water partition coefficient (Wildman–Crippen LogP) is 3.09. The third kappa shape index (κ3) is 11.6. The van der Waals surface area contributed by atoms with E-state index in [1.54, 1.807) is 12.1 Å². The molecule has 4 N–H and O–H groups in total. The van der Waals surface area contributed by atoms with E-state index in [4.69, 9.17) is 20.1 Å². The summed E-state index contributed by atoms with van der Waals surface area (Å²) in [6.45, 7) is 0.202. The quantitative estimate of drug-likeness (QED) is 0.104. The monoisotopic (exact) mass is 561 g/mol. The Balaban J connectivity index is 1.53. The van der Waals surface area contributed by atoms with Gasteiger partial charge in [0.1, 0.15) is 31.9 Å². The minimum atomic E-state index is -1.14. The van der Waals surface area contributed by atoms with Gasteiger partial charge in [0, 0.05) is 12.8 Å². The number of rotatable bonds is 16. The van der Waals surface area contributed by atoms with Crippen molar-refractivity contribution in [2.45, 2.75) is 57.6 Å². The minimum absolute atomic E-state index is 0.00365. The number of benzene rings is 3. The molecule has 3 aromatic carbocycles. The number of carbonyl (C=O) groups excluding carboxylic acids is 4. The lowest BCUT2D eigenvalue weighted by Gasteiger charge is -2.21. The molecular weight excluding hydrogens is 526 g/mol. The number of ether oxygens (including phenoxy) is 3. The highest BCUT2D eigenvalue weighted by molar-refractivity contribution is 5.88. The highest BCUT2D eigenvalue weighted by atomic mass is 16.5. The maximum atomic E-state index is 13.0. The Bertz CT molecular complexity index is 1240. The summed E-state index contributed by atoms with van der Waals surface area (Å²) in [6.07, 6.45) is -0.237. The van der Waals surface area contributed by atoms with Crippen molar-refractivity contribution in [1.82, 2.24) is 10.7 Å². The zero-order valence-electron chi connectivity index (χ0n) is 22.7. The van der Waals surface area contributed by atoms with Crippen molar-refractivity contribution >= 4 is 23.8 Å². The number of esters is 3. The molecule has 41 heavy (non-hydrogen) atoms. The number of hydrogen-bond donors (Lipinski definition) is 3. The molecule has 10 heteroatoms. The first-order valence-corrected chi connectivity index (χ1v) is 13.3. The van der Waals surface area contributed by atoms with Crippen LogP contribution in [0, 0.1) is 0 Å². The minimum Gasteiger partial charge on any atom is -0.461 e. The van der Waals surface area contributed by atoms with Crippen LogP contribution < -0.4 is 16.6 Å². The Kier molecular flexibility index (Phi) is 13.0. The molecule has 3 rings (SSSR count). The smallest absolute Gasteiger partial charge is 0.328 e. The molecule has 0 saturated carbocycles. The molecule has 0 aliphatic rings. The van der Waals surface area contributed by atoms with Crippen LogP contribution >= 0.6 is 0 Å². The molecule has 0 radical (unpaired) electrons. The van der Waals surface area contributed by atoms with E-state index in [0.717, 1.165) is 16.7 Å². The molecule has 0 saturated heterocycles. The Morgan fingerprint density at radius 3 is 1.39 bits per heavy atom. The second-order valence-corrected chi connectivity index (χ2v) is 9.24. The van der Waals surface area contributed by atoms with Gasteiger partial charge < -0.3 is 19.5 Å². The van der Waals surface area contributed by atoms with Crippen molar-refractivity contribution < 1.29 is 33.4 Å². The van der Waals surface area contributed by atoms with E-state index in [9.17, 15) is 19.2 Å². The van der Waals surface area contributed by atoms with Crippen LogP contribution in [0.3, 0.4) is 0 Å². The average molecular weight is 562 g/mol. The van der Waals surface area contributed by atoms with Crippen LogP contribution in [0.4, 0.5) is 0 Å². The van der Waals surface area contributed by atoms with E-state index in [-0.39, 0.29) is 45.5 Å². The summed E-state index contributed by atoms with van der Waals surface area (Å²) in [6, 6.07) is 25.3. The van der Waals surface area contributed by atoms with Crippen LogP contribution in [0.2, 0.25) is 0 Å². The van der Waals surface area contributed by atoms with Crippen molar-refractivity contribution in [3.63, 3.8) is 0 Å². The fourth-order valence-electron chi connectivity index (χ4n) is 3.79. The summed E-state index contributed by atoms with van der Waals surface area (Å²) in [7, 11) is 0. The largest absolute Gasteiger partial charge is 0.461 e. The fraction of sp³-hybridized carbons (Fsp3) is 0.290. The van der Waals surface area contributed by atoms with Gasteiger partial charge in [0.25, 0.3) is 0 Å². The summed E-state index contributed by atoms with van der Waals surface area (Å²) in [5.74, 6) is 3.21. The SMILES string of the molecule is NNC(CCC(=O)OCc1ccccc1)C(=O)NC(CCC(=O)OCc1ccccc1)C(=O)OCc1ccccc1. The Labute approximate surface area is 239 Å². The molecule has 0 fully saturated rings. The normalized spacial score (nSPS) is 12.0. The lowest BCUT2D eigenvalue weighted by Crippen LogP contribution is -2.52. The maximum absolute atomic E-state index is 13.0. The first kappa shape index (κ1) is 31.0. The first-order valence-electron chi connectivity index (χ1n) is 13.3. The van der Waals surface area contributed by atoms with Gasteiger partial charge in [-0.1, -0.05) is 91.0 Å². The molecular formula is C31H35N3O7. The van der Waals surface area contributed by atoms with Crippen LogP contribution in [0.5, 0.6) is 0 Å². The number of carbonyl (C=O) groups is 4. The topological polar surface area (TPSA) is 146 Å². The lowest BCUT2D eigenvalue weighted by molar-refractivity contribution is -0.151. The number of hydrogen-bond acceptors (Lipinski definition) is 9. The molecule has 3 aromatic rings. The van der Waals surface area contributed by atoms with E-state index < -0.39 is 35.9 Å². The Morgan fingerprint density at radius 2 is 0.976 bits per heavy atom. The second-order valence-electron chi connectivity index (χ2n) is 9.24. The maximum Gasteiger partial charge on any atom is 0.328 e. The van der Waals surface area contributed by atoms with Crippen LogP contribution in [0.1, 0.15) is 42.4 Å². The number of nitrogens with two attached hydrogens (primary N) is 1. The highest BCUT2D eigenvalue weighted by Gasteiger charge is 2.27. The molecule has 10 nitrogen and oxygen atoms in total. The molecule has 0 heterocycles. The van der Waals surface area contributed by atoms with Crippen molar-refractivity contribution in [3.8, 4) is 0 Å². The lowest BCUT2D eigenvalue weighted by atomic mass is 10.1. The summed E-state index contributed by atoms with van der Waals surface area (Å²) in [5.41, 5.74) is 4.81. The van der Waals surface area contributed by atoms with E-state index in [0.29, 0.717) is 0 Å². The first-order chi connectivity index (χ1) is 19.9. The zero-order chi connectivity index (χ0) is 29.3. The molecule has 1 amide bonds. The van der Waals surface area contributed by atoms with E-state index >= 15 is 0 Å².